The molecule has 2 aromatic heterocycles. The predicted octanol–water partition coefficient (Wildman–Crippen LogP) is 3.81. The second-order valence-corrected chi connectivity index (χ2v) is 5.47. The van der Waals surface area contributed by atoms with E-state index in [-0.39, 0.29) is 0 Å². The highest BCUT2D eigenvalue weighted by Gasteiger charge is 2.15. The number of benzene rings is 1. The lowest BCUT2D eigenvalue weighted by Gasteiger charge is -2.09. The van der Waals surface area contributed by atoms with Crippen molar-refractivity contribution in [3.05, 3.63) is 63.0 Å². The lowest BCUT2D eigenvalue weighted by atomic mass is 10.1. The first-order valence-corrected chi connectivity index (χ1v) is 7.03. The van der Waals surface area contributed by atoms with E-state index in [1.165, 1.54) is 10.7 Å². The van der Waals surface area contributed by atoms with Gasteiger partial charge in [0.1, 0.15) is 16.8 Å². The Labute approximate surface area is 131 Å². The molecule has 0 fully saturated rings. The fourth-order valence-electron chi connectivity index (χ4n) is 2.18. The van der Waals surface area contributed by atoms with Gasteiger partial charge >= 0.3 is 0 Å². The van der Waals surface area contributed by atoms with Crippen LogP contribution in [0.1, 0.15) is 22.4 Å². The molecule has 4 nitrogen and oxygen atoms in total. The molecule has 2 heterocycles. The molecule has 0 N–H and O–H groups in total. The van der Waals surface area contributed by atoms with Crippen LogP contribution in [0.15, 0.2) is 30.5 Å². The van der Waals surface area contributed by atoms with Crippen LogP contribution < -0.4 is 0 Å². The lowest BCUT2D eigenvalue weighted by Crippen LogP contribution is -2.03. The number of nitrogens with zero attached hydrogens (tertiary/aromatic N) is 4. The molecule has 6 heteroatoms. The van der Waals surface area contributed by atoms with Crippen molar-refractivity contribution < 1.29 is 0 Å². The first-order valence-electron chi connectivity index (χ1n) is 6.27. The molecule has 0 unspecified atom stereocenters. The zero-order valence-electron chi connectivity index (χ0n) is 11.1. The van der Waals surface area contributed by atoms with Gasteiger partial charge in [-0.1, -0.05) is 35.3 Å². The molecule has 0 bridgehead atoms. The van der Waals surface area contributed by atoms with Crippen LogP contribution in [0, 0.1) is 18.3 Å². The average Bonchev–Trinajstić information content (AvgIpc) is 2.88. The predicted molar refractivity (Wildman–Crippen MR) is 81.7 cm³/mol. The Kier molecular flexibility index (Phi) is 3.54. The van der Waals surface area contributed by atoms with Crippen LogP contribution in [-0.4, -0.2) is 14.6 Å². The van der Waals surface area contributed by atoms with Gasteiger partial charge in [0.15, 0.2) is 5.65 Å². The standard InChI is InChI=1S/C15H10Cl2N4/c1-9-13(6-10-2-4-12(16)5-3-10)14(17)21-15(20-9)11(7-18)8-19-21/h2-5,8H,6H2,1H3. The maximum atomic E-state index is 9.04. The van der Waals surface area contributed by atoms with Gasteiger partial charge in [-0.15, -0.1) is 0 Å². The topological polar surface area (TPSA) is 54.0 Å². The molecule has 0 aliphatic carbocycles. The van der Waals surface area contributed by atoms with E-state index in [2.05, 4.69) is 16.2 Å². The van der Waals surface area contributed by atoms with Crippen LogP contribution in [0.5, 0.6) is 0 Å². The Morgan fingerprint density at radius 3 is 2.62 bits per heavy atom. The van der Waals surface area contributed by atoms with Gasteiger partial charge in [0.2, 0.25) is 0 Å². The van der Waals surface area contributed by atoms with E-state index in [1.807, 2.05) is 31.2 Å². The minimum atomic E-state index is 0.415. The molecule has 0 aliphatic rings. The highest BCUT2D eigenvalue weighted by molar-refractivity contribution is 6.31. The maximum Gasteiger partial charge on any atom is 0.174 e. The van der Waals surface area contributed by atoms with Crippen LogP contribution in [0.3, 0.4) is 0 Å². The van der Waals surface area contributed by atoms with Crippen molar-refractivity contribution in [3.63, 3.8) is 0 Å². The van der Waals surface area contributed by atoms with Crippen molar-refractivity contribution in [3.8, 4) is 6.07 Å². The van der Waals surface area contributed by atoms with Crippen LogP contribution in [0.25, 0.3) is 5.65 Å². The second-order valence-electron chi connectivity index (χ2n) is 4.68. The van der Waals surface area contributed by atoms with Crippen molar-refractivity contribution in [1.82, 2.24) is 14.6 Å². The third-order valence-electron chi connectivity index (χ3n) is 3.30. The Hall–Kier alpha value is -2.09. The molecule has 3 rings (SSSR count). The Balaban J connectivity index is 2.11. The molecule has 0 saturated carbocycles. The van der Waals surface area contributed by atoms with Crippen LogP contribution >= 0.6 is 23.2 Å². The molecule has 0 saturated heterocycles. The van der Waals surface area contributed by atoms with E-state index < -0.39 is 0 Å². The zero-order valence-corrected chi connectivity index (χ0v) is 12.7. The maximum absolute atomic E-state index is 9.04. The van der Waals surface area contributed by atoms with Crippen LogP contribution in [-0.2, 0) is 6.42 Å². The largest absolute Gasteiger partial charge is 0.232 e. The molecule has 104 valence electrons. The minimum Gasteiger partial charge on any atom is -0.232 e. The quantitative estimate of drug-likeness (QED) is 0.675. The van der Waals surface area contributed by atoms with Crippen LogP contribution in [0.4, 0.5) is 0 Å². The Bertz CT molecular complexity index is 860. The van der Waals surface area contributed by atoms with E-state index in [9.17, 15) is 0 Å². The van der Waals surface area contributed by atoms with Gasteiger partial charge < -0.3 is 0 Å². The molecule has 3 aromatic rings. The van der Waals surface area contributed by atoms with Gasteiger partial charge in [0.25, 0.3) is 0 Å². The Morgan fingerprint density at radius 1 is 1.24 bits per heavy atom. The first-order chi connectivity index (χ1) is 10.1. The van der Waals surface area contributed by atoms with E-state index in [1.54, 1.807) is 0 Å². The fraction of sp³-hybridized carbons (Fsp3) is 0.133. The van der Waals surface area contributed by atoms with Gasteiger partial charge in [-0.25, -0.2) is 9.50 Å². The molecule has 0 radical (unpaired) electrons. The molecule has 0 atom stereocenters. The number of aryl methyl sites for hydroxylation is 1. The number of halogens is 2. The first kappa shape index (κ1) is 13.9. The van der Waals surface area contributed by atoms with Gasteiger partial charge in [0.05, 0.1) is 6.20 Å². The summed E-state index contributed by atoms with van der Waals surface area (Å²) in [6.07, 6.45) is 2.10. The van der Waals surface area contributed by atoms with E-state index >= 15 is 0 Å². The van der Waals surface area contributed by atoms with Crippen molar-refractivity contribution in [2.45, 2.75) is 13.3 Å². The molecule has 0 aliphatic heterocycles. The molecule has 21 heavy (non-hydrogen) atoms. The van der Waals surface area contributed by atoms with Crippen molar-refractivity contribution in [2.24, 2.45) is 0 Å². The summed E-state index contributed by atoms with van der Waals surface area (Å²) in [6, 6.07) is 9.64. The molecule has 0 spiro atoms. The lowest BCUT2D eigenvalue weighted by molar-refractivity contribution is 0.902. The van der Waals surface area contributed by atoms with Gasteiger partial charge in [-0.3, -0.25) is 0 Å². The molecular weight excluding hydrogens is 307 g/mol. The summed E-state index contributed by atoms with van der Waals surface area (Å²) in [4.78, 5) is 4.45. The second kappa shape index (κ2) is 5.36. The number of hydrogen-bond donors (Lipinski definition) is 0. The fourth-order valence-corrected chi connectivity index (χ4v) is 2.64. The average molecular weight is 317 g/mol. The highest BCUT2D eigenvalue weighted by atomic mass is 35.5. The SMILES string of the molecule is Cc1nc2c(C#N)cnn2c(Cl)c1Cc1ccc(Cl)cc1. The number of fused-ring (bicyclic) bond motifs is 1. The minimum absolute atomic E-state index is 0.415. The highest BCUT2D eigenvalue weighted by Crippen LogP contribution is 2.24. The van der Waals surface area contributed by atoms with Crippen molar-refractivity contribution in [2.75, 3.05) is 0 Å². The van der Waals surface area contributed by atoms with Gasteiger partial charge in [0, 0.05) is 22.7 Å². The normalized spacial score (nSPS) is 10.8. The number of nitriles is 1. The summed E-state index contributed by atoms with van der Waals surface area (Å²) < 4.78 is 1.50. The molecular formula is C15H10Cl2N4. The molecule has 1 aromatic carbocycles. The summed E-state index contributed by atoms with van der Waals surface area (Å²) in [7, 11) is 0. The van der Waals surface area contributed by atoms with Gasteiger partial charge in [-0.05, 0) is 24.6 Å². The summed E-state index contributed by atoms with van der Waals surface area (Å²) in [6.45, 7) is 1.88. The number of hydrogen-bond acceptors (Lipinski definition) is 3. The molecule has 0 amide bonds. The van der Waals surface area contributed by atoms with Gasteiger partial charge in [-0.2, -0.15) is 10.4 Å². The van der Waals surface area contributed by atoms with E-state index in [0.29, 0.717) is 27.8 Å². The van der Waals surface area contributed by atoms with Crippen molar-refractivity contribution >= 4 is 28.8 Å². The number of aromatic nitrogens is 3. The smallest absolute Gasteiger partial charge is 0.174 e. The third-order valence-corrected chi connectivity index (χ3v) is 3.94. The van der Waals surface area contributed by atoms with Crippen molar-refractivity contribution in [1.29, 1.82) is 5.26 Å². The summed E-state index contributed by atoms with van der Waals surface area (Å²) in [5, 5.41) is 14.3. The summed E-state index contributed by atoms with van der Waals surface area (Å²) in [5.41, 5.74) is 3.66. The third kappa shape index (κ3) is 2.46. The monoisotopic (exact) mass is 316 g/mol. The number of rotatable bonds is 2. The zero-order chi connectivity index (χ0) is 15.0. The Morgan fingerprint density at radius 2 is 1.95 bits per heavy atom. The summed E-state index contributed by atoms with van der Waals surface area (Å²) >= 11 is 12.3. The summed E-state index contributed by atoms with van der Waals surface area (Å²) in [5.74, 6) is 0. The van der Waals surface area contributed by atoms with E-state index in [0.717, 1.165) is 16.8 Å². The van der Waals surface area contributed by atoms with Crippen LogP contribution in [0.2, 0.25) is 10.2 Å². The van der Waals surface area contributed by atoms with E-state index in [4.69, 9.17) is 28.5 Å².